The summed E-state index contributed by atoms with van der Waals surface area (Å²) in [4.78, 5) is 1.83. The van der Waals surface area contributed by atoms with E-state index >= 15 is 0 Å². The Morgan fingerprint density at radius 3 is 2.50 bits per heavy atom. The van der Waals surface area contributed by atoms with E-state index in [9.17, 15) is 0 Å². The molecule has 0 N–H and O–H groups in total. The number of hydrogen-bond acceptors (Lipinski definition) is 3. The fraction of sp³-hybridized carbons (Fsp3) is 0.400. The molecule has 1 aromatic rings. The predicted molar refractivity (Wildman–Crippen MR) is 37.6 cm³/mol. The third-order valence-electron chi connectivity index (χ3n) is 0.822. The molecule has 0 spiro atoms. The zero-order valence-electron chi connectivity index (χ0n) is 5.97. The van der Waals surface area contributed by atoms with Gasteiger partial charge in [0, 0.05) is 14.1 Å². The van der Waals surface area contributed by atoms with Crippen LogP contribution in [0.1, 0.15) is 0 Å². The van der Waals surface area contributed by atoms with Gasteiger partial charge in [-0.05, 0) is 0 Å². The number of rotatable bonds is 2. The molecule has 1 aromatic heterocycles. The zero-order valence-corrected chi connectivity index (χ0v) is 5.97. The molecule has 10 heavy (non-hydrogen) atoms. The van der Waals surface area contributed by atoms with E-state index < -0.39 is 0 Å². The molecule has 1 heterocycles. The maximum Gasteiger partial charge on any atom is 0.141 e. The fourth-order valence-corrected chi connectivity index (χ4v) is 0.418. The van der Waals surface area contributed by atoms with Gasteiger partial charge in [-0.3, -0.25) is 0 Å². The topological polar surface area (TPSA) is 46.3 Å². The van der Waals surface area contributed by atoms with Gasteiger partial charge in [-0.25, -0.2) is 4.68 Å². The highest BCUT2D eigenvalue weighted by atomic mass is 15.4. The molecule has 0 aromatic carbocycles. The van der Waals surface area contributed by atoms with Crippen molar-refractivity contribution in [2.24, 2.45) is 5.10 Å². The van der Waals surface area contributed by atoms with Crippen LogP contribution in [0.3, 0.4) is 0 Å². The van der Waals surface area contributed by atoms with Crippen molar-refractivity contribution in [3.8, 4) is 0 Å². The van der Waals surface area contributed by atoms with Crippen LogP contribution in [-0.4, -0.2) is 40.2 Å². The maximum absolute atomic E-state index is 3.96. The Hall–Kier alpha value is -1.39. The van der Waals surface area contributed by atoms with Crippen molar-refractivity contribution < 1.29 is 0 Å². The van der Waals surface area contributed by atoms with Crippen molar-refractivity contribution in [2.75, 3.05) is 14.1 Å². The number of nitrogens with zero attached hydrogens (tertiary/aromatic N) is 5. The number of aromatic nitrogens is 3. The average Bonchev–Trinajstić information content (AvgIpc) is 2.34. The minimum absolute atomic E-state index is 1.53. The molecule has 0 fully saturated rings. The fourth-order valence-electron chi connectivity index (χ4n) is 0.418. The van der Waals surface area contributed by atoms with Gasteiger partial charge in [0.1, 0.15) is 19.0 Å². The largest absolute Gasteiger partial charge is 0.367 e. The van der Waals surface area contributed by atoms with E-state index in [4.69, 9.17) is 0 Å². The molecular formula is C5H9N5. The van der Waals surface area contributed by atoms with Crippen LogP contribution in [0, 0.1) is 0 Å². The Bertz CT molecular complexity index is 200. The van der Waals surface area contributed by atoms with E-state index in [2.05, 4.69) is 15.3 Å². The van der Waals surface area contributed by atoms with Crippen molar-refractivity contribution in [3.63, 3.8) is 0 Å². The second-order valence-electron chi connectivity index (χ2n) is 2.04. The van der Waals surface area contributed by atoms with Crippen molar-refractivity contribution >= 4 is 6.34 Å². The summed E-state index contributed by atoms with van der Waals surface area (Å²) >= 11 is 0. The molecule has 0 radical (unpaired) electrons. The lowest BCUT2D eigenvalue weighted by molar-refractivity contribution is 0.632. The second-order valence-corrected chi connectivity index (χ2v) is 2.04. The smallest absolute Gasteiger partial charge is 0.141 e. The highest BCUT2D eigenvalue weighted by Crippen LogP contribution is 1.78. The Balaban J connectivity index is 2.55. The molecule has 54 valence electrons. The highest BCUT2D eigenvalue weighted by Gasteiger charge is 1.81. The van der Waals surface area contributed by atoms with Crippen LogP contribution in [0.15, 0.2) is 17.8 Å². The lowest BCUT2D eigenvalue weighted by atomic mass is 11.0. The van der Waals surface area contributed by atoms with Gasteiger partial charge in [0.2, 0.25) is 0 Å². The van der Waals surface area contributed by atoms with Crippen molar-refractivity contribution in [1.82, 2.24) is 19.8 Å². The molecule has 0 atom stereocenters. The van der Waals surface area contributed by atoms with Crippen LogP contribution in [-0.2, 0) is 0 Å². The van der Waals surface area contributed by atoms with Gasteiger partial charge in [-0.15, -0.1) is 10.2 Å². The molecule has 0 bridgehead atoms. The summed E-state index contributed by atoms with van der Waals surface area (Å²) in [5.41, 5.74) is 0. The third-order valence-corrected chi connectivity index (χ3v) is 0.822. The third kappa shape index (κ3) is 1.85. The monoisotopic (exact) mass is 139 g/mol. The van der Waals surface area contributed by atoms with Gasteiger partial charge in [0.25, 0.3) is 0 Å². The van der Waals surface area contributed by atoms with Crippen LogP contribution in [0.4, 0.5) is 0 Å². The lowest BCUT2D eigenvalue weighted by Gasteiger charge is -2.00. The van der Waals surface area contributed by atoms with E-state index in [1.165, 1.54) is 17.3 Å². The normalized spacial score (nSPS) is 10.6. The first-order valence-electron chi connectivity index (χ1n) is 2.84. The predicted octanol–water partition coefficient (Wildman–Crippen LogP) is -0.369. The summed E-state index contributed by atoms with van der Waals surface area (Å²) in [6.45, 7) is 0. The summed E-state index contributed by atoms with van der Waals surface area (Å²) in [5.74, 6) is 0. The van der Waals surface area contributed by atoms with E-state index in [-0.39, 0.29) is 0 Å². The Kier molecular flexibility index (Phi) is 1.99. The van der Waals surface area contributed by atoms with Gasteiger partial charge in [0.05, 0.1) is 0 Å². The molecule has 1 rings (SSSR count). The minimum atomic E-state index is 1.53. The second kappa shape index (κ2) is 2.95. The summed E-state index contributed by atoms with van der Waals surface area (Å²) in [6.07, 6.45) is 4.73. The van der Waals surface area contributed by atoms with Crippen LogP contribution in [0.2, 0.25) is 0 Å². The summed E-state index contributed by atoms with van der Waals surface area (Å²) in [6, 6.07) is 0. The molecule has 5 heteroatoms. The quantitative estimate of drug-likeness (QED) is 0.415. The molecule has 0 unspecified atom stereocenters. The Morgan fingerprint density at radius 2 is 2.00 bits per heavy atom. The SMILES string of the molecule is CN(C)/C=N/n1cnnc1. The molecule has 5 nitrogen and oxygen atoms in total. The van der Waals surface area contributed by atoms with Gasteiger partial charge >= 0.3 is 0 Å². The summed E-state index contributed by atoms with van der Waals surface area (Å²) < 4.78 is 1.53. The van der Waals surface area contributed by atoms with Crippen molar-refractivity contribution in [3.05, 3.63) is 12.7 Å². The maximum atomic E-state index is 3.96. The van der Waals surface area contributed by atoms with Crippen molar-refractivity contribution in [1.29, 1.82) is 0 Å². The molecule has 0 aliphatic rings. The molecule has 0 saturated carbocycles. The van der Waals surface area contributed by atoms with E-state index in [1.807, 2.05) is 19.0 Å². The van der Waals surface area contributed by atoms with Crippen LogP contribution in [0.25, 0.3) is 0 Å². The molecule has 0 aliphatic heterocycles. The lowest BCUT2D eigenvalue weighted by Crippen LogP contribution is -2.08. The molecule has 0 aliphatic carbocycles. The van der Waals surface area contributed by atoms with Gasteiger partial charge < -0.3 is 4.90 Å². The summed E-state index contributed by atoms with van der Waals surface area (Å²) in [5, 5.41) is 11.1. The van der Waals surface area contributed by atoms with E-state index in [1.54, 1.807) is 6.34 Å². The van der Waals surface area contributed by atoms with Crippen LogP contribution in [0.5, 0.6) is 0 Å². The van der Waals surface area contributed by atoms with Gasteiger partial charge in [0.15, 0.2) is 0 Å². The van der Waals surface area contributed by atoms with E-state index in [0.717, 1.165) is 0 Å². The van der Waals surface area contributed by atoms with E-state index in [0.29, 0.717) is 0 Å². The van der Waals surface area contributed by atoms with Gasteiger partial charge in [-0.2, -0.15) is 5.10 Å². The number of hydrogen-bond donors (Lipinski definition) is 0. The Morgan fingerprint density at radius 1 is 1.40 bits per heavy atom. The standard InChI is InChI=1S/C5H9N5/c1-9(2)5-8-10-3-6-7-4-10/h3-5H,1-2H3/b8-5+. The first-order valence-corrected chi connectivity index (χ1v) is 2.84. The highest BCUT2D eigenvalue weighted by molar-refractivity contribution is 5.53. The summed E-state index contributed by atoms with van der Waals surface area (Å²) in [7, 11) is 3.79. The minimum Gasteiger partial charge on any atom is -0.367 e. The zero-order chi connectivity index (χ0) is 7.40. The van der Waals surface area contributed by atoms with Gasteiger partial charge in [-0.1, -0.05) is 0 Å². The van der Waals surface area contributed by atoms with Crippen LogP contribution < -0.4 is 0 Å². The average molecular weight is 139 g/mol. The molecule has 0 amide bonds. The Labute approximate surface area is 59.0 Å². The van der Waals surface area contributed by atoms with Crippen LogP contribution >= 0.6 is 0 Å². The first kappa shape index (κ1) is 6.73. The molecular weight excluding hydrogens is 130 g/mol. The molecule has 0 saturated heterocycles. The van der Waals surface area contributed by atoms with Crippen molar-refractivity contribution in [2.45, 2.75) is 0 Å². The first-order chi connectivity index (χ1) is 4.79.